The molecule has 22 heavy (non-hydrogen) atoms. The quantitative estimate of drug-likeness (QED) is 0.773. The summed E-state index contributed by atoms with van der Waals surface area (Å²) >= 11 is 0. The van der Waals surface area contributed by atoms with Gasteiger partial charge >= 0.3 is 0 Å². The second-order valence-electron chi connectivity index (χ2n) is 5.80. The third kappa shape index (κ3) is 2.60. The van der Waals surface area contributed by atoms with E-state index in [1.165, 1.54) is 27.7 Å². The Labute approximate surface area is 130 Å². The molecule has 3 nitrogen and oxygen atoms in total. The van der Waals surface area contributed by atoms with E-state index in [9.17, 15) is 0 Å². The third-order valence-electron chi connectivity index (χ3n) is 4.32. The zero-order valence-electron chi connectivity index (χ0n) is 12.6. The van der Waals surface area contributed by atoms with Gasteiger partial charge in [-0.25, -0.2) is 0 Å². The maximum absolute atomic E-state index is 5.95. The van der Waals surface area contributed by atoms with E-state index in [-0.39, 0.29) is 0 Å². The van der Waals surface area contributed by atoms with Crippen LogP contribution in [-0.2, 0) is 19.4 Å². The van der Waals surface area contributed by atoms with E-state index in [2.05, 4.69) is 52.8 Å². The number of fused-ring (bicyclic) bond motifs is 3. The molecule has 0 saturated heterocycles. The van der Waals surface area contributed by atoms with Crippen LogP contribution in [0.3, 0.4) is 0 Å². The summed E-state index contributed by atoms with van der Waals surface area (Å²) in [6.07, 6.45) is 2.02. The first kappa shape index (κ1) is 13.4. The fraction of sp³-hybridized carbons (Fsp3) is 0.263. The van der Waals surface area contributed by atoms with Crippen LogP contribution in [0.25, 0.3) is 10.9 Å². The molecule has 3 aromatic rings. The SMILES string of the molecule is c1ccc(CCOc2ccc3[nH]c4c(c3c2)CCNC4)cc1. The van der Waals surface area contributed by atoms with Gasteiger partial charge in [-0.3, -0.25) is 0 Å². The van der Waals surface area contributed by atoms with Gasteiger partial charge in [-0.15, -0.1) is 0 Å². The number of aromatic nitrogens is 1. The van der Waals surface area contributed by atoms with Gasteiger partial charge in [0.05, 0.1) is 6.61 Å². The minimum Gasteiger partial charge on any atom is -0.493 e. The van der Waals surface area contributed by atoms with E-state index in [1.807, 2.05) is 6.07 Å². The second kappa shape index (κ2) is 5.85. The summed E-state index contributed by atoms with van der Waals surface area (Å²) in [7, 11) is 0. The van der Waals surface area contributed by atoms with Gasteiger partial charge in [-0.1, -0.05) is 30.3 Å². The molecular weight excluding hydrogens is 272 g/mol. The Morgan fingerprint density at radius 2 is 1.95 bits per heavy atom. The topological polar surface area (TPSA) is 37.0 Å². The highest BCUT2D eigenvalue weighted by Crippen LogP contribution is 2.28. The number of aromatic amines is 1. The van der Waals surface area contributed by atoms with Crippen molar-refractivity contribution >= 4 is 10.9 Å². The molecule has 3 heteroatoms. The molecule has 0 unspecified atom stereocenters. The zero-order chi connectivity index (χ0) is 14.8. The van der Waals surface area contributed by atoms with Crippen LogP contribution < -0.4 is 10.1 Å². The predicted octanol–water partition coefficient (Wildman–Crippen LogP) is 3.44. The summed E-state index contributed by atoms with van der Waals surface area (Å²) < 4.78 is 5.95. The number of rotatable bonds is 4. The monoisotopic (exact) mass is 292 g/mol. The van der Waals surface area contributed by atoms with E-state index in [0.29, 0.717) is 6.61 Å². The largest absolute Gasteiger partial charge is 0.493 e. The molecule has 2 heterocycles. The first-order chi connectivity index (χ1) is 10.9. The first-order valence-electron chi connectivity index (χ1n) is 7.91. The second-order valence-corrected chi connectivity index (χ2v) is 5.80. The molecule has 2 aromatic carbocycles. The lowest BCUT2D eigenvalue weighted by Gasteiger charge is -2.12. The van der Waals surface area contributed by atoms with Gasteiger partial charge in [0.25, 0.3) is 0 Å². The molecule has 4 rings (SSSR count). The van der Waals surface area contributed by atoms with Crippen LogP contribution in [0.15, 0.2) is 48.5 Å². The van der Waals surface area contributed by atoms with E-state index in [1.54, 1.807) is 0 Å². The van der Waals surface area contributed by atoms with Gasteiger partial charge in [0.15, 0.2) is 0 Å². The van der Waals surface area contributed by atoms with Crippen LogP contribution in [0.2, 0.25) is 0 Å². The summed E-state index contributed by atoms with van der Waals surface area (Å²) in [5, 5.41) is 4.72. The summed E-state index contributed by atoms with van der Waals surface area (Å²) in [6.45, 7) is 2.71. The average Bonchev–Trinajstić information content (AvgIpc) is 2.94. The molecule has 0 atom stereocenters. The van der Waals surface area contributed by atoms with E-state index in [4.69, 9.17) is 4.74 Å². The van der Waals surface area contributed by atoms with Crippen molar-refractivity contribution in [1.82, 2.24) is 10.3 Å². The van der Waals surface area contributed by atoms with Crippen molar-refractivity contribution in [2.45, 2.75) is 19.4 Å². The highest BCUT2D eigenvalue weighted by molar-refractivity contribution is 5.86. The lowest BCUT2D eigenvalue weighted by atomic mass is 10.0. The fourth-order valence-electron chi connectivity index (χ4n) is 3.17. The van der Waals surface area contributed by atoms with Crippen molar-refractivity contribution in [3.8, 4) is 5.75 Å². The van der Waals surface area contributed by atoms with Crippen molar-refractivity contribution < 1.29 is 4.74 Å². The molecule has 1 aliphatic heterocycles. The lowest BCUT2D eigenvalue weighted by Crippen LogP contribution is -2.22. The van der Waals surface area contributed by atoms with Crippen LogP contribution in [-0.4, -0.2) is 18.1 Å². The van der Waals surface area contributed by atoms with Crippen molar-refractivity contribution in [3.05, 3.63) is 65.4 Å². The first-order valence-corrected chi connectivity index (χ1v) is 7.91. The molecule has 0 saturated carbocycles. The predicted molar refractivity (Wildman–Crippen MR) is 89.4 cm³/mol. The molecule has 2 N–H and O–H groups in total. The van der Waals surface area contributed by atoms with Gasteiger partial charge in [0, 0.05) is 29.6 Å². The maximum atomic E-state index is 5.95. The van der Waals surface area contributed by atoms with Crippen LogP contribution in [0.4, 0.5) is 0 Å². The minimum absolute atomic E-state index is 0.712. The van der Waals surface area contributed by atoms with Gasteiger partial charge in [-0.05, 0) is 42.3 Å². The fourth-order valence-corrected chi connectivity index (χ4v) is 3.17. The van der Waals surface area contributed by atoms with Gasteiger partial charge in [0.1, 0.15) is 5.75 Å². The van der Waals surface area contributed by atoms with E-state index >= 15 is 0 Å². The number of H-pyrrole nitrogens is 1. The minimum atomic E-state index is 0.712. The Kier molecular flexibility index (Phi) is 3.57. The smallest absolute Gasteiger partial charge is 0.120 e. The van der Waals surface area contributed by atoms with E-state index in [0.717, 1.165) is 31.7 Å². The van der Waals surface area contributed by atoms with Crippen molar-refractivity contribution in [2.24, 2.45) is 0 Å². The molecule has 0 radical (unpaired) electrons. The van der Waals surface area contributed by atoms with Crippen molar-refractivity contribution in [1.29, 1.82) is 0 Å². The molecule has 0 bridgehead atoms. The van der Waals surface area contributed by atoms with Crippen molar-refractivity contribution in [3.63, 3.8) is 0 Å². The van der Waals surface area contributed by atoms with Gasteiger partial charge < -0.3 is 15.0 Å². The highest BCUT2D eigenvalue weighted by atomic mass is 16.5. The summed E-state index contributed by atoms with van der Waals surface area (Å²) in [6, 6.07) is 16.8. The summed E-state index contributed by atoms with van der Waals surface area (Å²) in [5.74, 6) is 0.962. The van der Waals surface area contributed by atoms with Gasteiger partial charge in [0.2, 0.25) is 0 Å². The molecule has 112 valence electrons. The van der Waals surface area contributed by atoms with Crippen LogP contribution in [0, 0.1) is 0 Å². The molecule has 1 aromatic heterocycles. The average molecular weight is 292 g/mol. The third-order valence-corrected chi connectivity index (χ3v) is 4.32. The Balaban J connectivity index is 1.50. The Morgan fingerprint density at radius 1 is 1.05 bits per heavy atom. The Bertz CT molecular complexity index is 777. The van der Waals surface area contributed by atoms with Crippen LogP contribution >= 0.6 is 0 Å². The number of hydrogen-bond acceptors (Lipinski definition) is 2. The zero-order valence-corrected chi connectivity index (χ0v) is 12.6. The normalized spacial score (nSPS) is 14.0. The summed E-state index contributed by atoms with van der Waals surface area (Å²) in [5.41, 5.74) is 5.29. The van der Waals surface area contributed by atoms with Gasteiger partial charge in [-0.2, -0.15) is 0 Å². The Hall–Kier alpha value is -2.26. The number of benzene rings is 2. The molecule has 0 spiro atoms. The molecule has 0 aliphatic carbocycles. The van der Waals surface area contributed by atoms with Crippen LogP contribution in [0.5, 0.6) is 5.75 Å². The number of nitrogens with one attached hydrogen (secondary N) is 2. The molecule has 1 aliphatic rings. The summed E-state index contributed by atoms with van der Waals surface area (Å²) in [4.78, 5) is 3.51. The number of hydrogen-bond donors (Lipinski definition) is 2. The number of ether oxygens (including phenoxy) is 1. The standard InChI is InChI=1S/C19H20N2O/c1-2-4-14(5-3-1)9-11-22-15-6-7-18-17(12-15)16-8-10-20-13-19(16)21-18/h1-7,12,20-21H,8-11,13H2. The Morgan fingerprint density at radius 3 is 2.86 bits per heavy atom. The lowest BCUT2D eigenvalue weighted by molar-refractivity contribution is 0.322. The molecule has 0 fully saturated rings. The highest BCUT2D eigenvalue weighted by Gasteiger charge is 2.15. The van der Waals surface area contributed by atoms with Crippen molar-refractivity contribution in [2.75, 3.05) is 13.2 Å². The molecular formula is C19H20N2O. The molecule has 0 amide bonds. The maximum Gasteiger partial charge on any atom is 0.120 e. The van der Waals surface area contributed by atoms with Crippen LogP contribution in [0.1, 0.15) is 16.8 Å². The van der Waals surface area contributed by atoms with E-state index < -0.39 is 0 Å².